The third-order valence-electron chi connectivity index (χ3n) is 2.69. The molecule has 2 rings (SSSR count). The molecule has 1 aromatic heterocycles. The predicted octanol–water partition coefficient (Wildman–Crippen LogP) is -0.0392. The largest absolute Gasteiger partial charge is 0.365 e. The van der Waals surface area contributed by atoms with Gasteiger partial charge in [-0.2, -0.15) is 0 Å². The Kier molecular flexibility index (Phi) is 2.64. The molecule has 15 heavy (non-hydrogen) atoms. The van der Waals surface area contributed by atoms with Crippen LogP contribution in [0.1, 0.15) is 34.2 Å². The minimum atomic E-state index is -0.469. The van der Waals surface area contributed by atoms with E-state index >= 15 is 0 Å². The van der Waals surface area contributed by atoms with Crippen LogP contribution in [-0.4, -0.2) is 29.0 Å². The Morgan fingerprint density at radius 1 is 1.67 bits per heavy atom. The minimum absolute atomic E-state index is 0.366. The van der Waals surface area contributed by atoms with E-state index in [2.05, 4.69) is 15.3 Å². The van der Waals surface area contributed by atoms with E-state index in [1.807, 2.05) is 0 Å². The van der Waals surface area contributed by atoms with Gasteiger partial charge in [0, 0.05) is 18.7 Å². The Bertz CT molecular complexity index is 385. The maximum atomic E-state index is 11.0. The molecule has 3 N–H and O–H groups in total. The second-order valence-electron chi connectivity index (χ2n) is 3.78. The molecule has 0 bridgehead atoms. The molecule has 0 aromatic carbocycles. The first-order chi connectivity index (χ1) is 7.18. The van der Waals surface area contributed by atoms with Crippen molar-refractivity contribution in [2.24, 2.45) is 5.73 Å². The van der Waals surface area contributed by atoms with Gasteiger partial charge in [0.05, 0.1) is 11.3 Å². The maximum absolute atomic E-state index is 11.0. The zero-order valence-electron chi connectivity index (χ0n) is 8.66. The molecular formula is C10H14N4O. The Hall–Kier alpha value is -1.49. The molecule has 0 spiro atoms. The SMILES string of the molecule is Cc1nc(C2CCNC2)ncc1C(N)=O. The molecule has 5 nitrogen and oxygen atoms in total. The number of nitrogens with two attached hydrogens (primary N) is 1. The summed E-state index contributed by atoms with van der Waals surface area (Å²) in [5.74, 6) is 0.705. The van der Waals surface area contributed by atoms with Crippen molar-refractivity contribution in [3.8, 4) is 0 Å². The Labute approximate surface area is 88.1 Å². The Morgan fingerprint density at radius 3 is 3.00 bits per heavy atom. The normalized spacial score (nSPS) is 20.5. The van der Waals surface area contributed by atoms with Crippen LogP contribution in [0.25, 0.3) is 0 Å². The second-order valence-corrected chi connectivity index (χ2v) is 3.78. The molecule has 5 heteroatoms. The molecule has 0 radical (unpaired) electrons. The molecule has 2 heterocycles. The van der Waals surface area contributed by atoms with Crippen LogP contribution in [-0.2, 0) is 0 Å². The van der Waals surface area contributed by atoms with Crippen LogP contribution < -0.4 is 11.1 Å². The molecule has 1 atom stereocenters. The number of aromatic nitrogens is 2. The highest BCUT2D eigenvalue weighted by Crippen LogP contribution is 2.19. The summed E-state index contributed by atoms with van der Waals surface area (Å²) >= 11 is 0. The fourth-order valence-electron chi connectivity index (χ4n) is 1.80. The Balaban J connectivity index is 2.28. The third-order valence-corrected chi connectivity index (χ3v) is 2.69. The number of hydrogen-bond acceptors (Lipinski definition) is 4. The van der Waals surface area contributed by atoms with Crippen LogP contribution in [0.15, 0.2) is 6.20 Å². The summed E-state index contributed by atoms with van der Waals surface area (Å²) in [5.41, 5.74) is 6.26. The smallest absolute Gasteiger partial charge is 0.252 e. The van der Waals surface area contributed by atoms with E-state index in [4.69, 9.17) is 5.73 Å². The summed E-state index contributed by atoms with van der Waals surface area (Å²) in [7, 11) is 0. The zero-order chi connectivity index (χ0) is 10.8. The average molecular weight is 206 g/mol. The number of nitrogens with one attached hydrogen (secondary N) is 1. The zero-order valence-corrected chi connectivity index (χ0v) is 8.66. The highest BCUT2D eigenvalue weighted by Gasteiger charge is 2.20. The highest BCUT2D eigenvalue weighted by molar-refractivity contribution is 5.93. The lowest BCUT2D eigenvalue weighted by Gasteiger charge is -2.08. The molecule has 1 unspecified atom stereocenters. The summed E-state index contributed by atoms with van der Waals surface area (Å²) < 4.78 is 0. The van der Waals surface area contributed by atoms with E-state index < -0.39 is 5.91 Å². The van der Waals surface area contributed by atoms with Gasteiger partial charge in [-0.05, 0) is 19.9 Å². The van der Waals surface area contributed by atoms with Gasteiger partial charge in [-0.25, -0.2) is 9.97 Å². The number of amides is 1. The van der Waals surface area contributed by atoms with Crippen LogP contribution in [0.2, 0.25) is 0 Å². The summed E-state index contributed by atoms with van der Waals surface area (Å²) in [6.07, 6.45) is 2.58. The van der Waals surface area contributed by atoms with E-state index in [0.29, 0.717) is 17.2 Å². The maximum Gasteiger partial charge on any atom is 0.252 e. The lowest BCUT2D eigenvalue weighted by Crippen LogP contribution is -2.16. The van der Waals surface area contributed by atoms with Crippen molar-refractivity contribution >= 4 is 5.91 Å². The first-order valence-corrected chi connectivity index (χ1v) is 5.02. The monoisotopic (exact) mass is 206 g/mol. The van der Waals surface area contributed by atoms with Crippen LogP contribution in [0.5, 0.6) is 0 Å². The lowest BCUT2D eigenvalue weighted by atomic mass is 10.1. The van der Waals surface area contributed by atoms with Crippen LogP contribution >= 0.6 is 0 Å². The first-order valence-electron chi connectivity index (χ1n) is 5.02. The molecule has 80 valence electrons. The first kappa shape index (κ1) is 10.0. The number of rotatable bonds is 2. The van der Waals surface area contributed by atoms with Crippen molar-refractivity contribution in [3.05, 3.63) is 23.3 Å². The molecule has 1 aliphatic rings. The van der Waals surface area contributed by atoms with Crippen molar-refractivity contribution < 1.29 is 4.79 Å². The van der Waals surface area contributed by atoms with E-state index in [1.165, 1.54) is 6.20 Å². The molecule has 1 amide bonds. The van der Waals surface area contributed by atoms with E-state index in [9.17, 15) is 4.79 Å². The number of carbonyl (C=O) groups is 1. The molecule has 1 fully saturated rings. The highest BCUT2D eigenvalue weighted by atomic mass is 16.1. The molecular weight excluding hydrogens is 192 g/mol. The van der Waals surface area contributed by atoms with E-state index in [-0.39, 0.29) is 0 Å². The van der Waals surface area contributed by atoms with Gasteiger partial charge in [-0.15, -0.1) is 0 Å². The van der Waals surface area contributed by atoms with Gasteiger partial charge in [0.2, 0.25) is 0 Å². The second kappa shape index (κ2) is 3.94. The quantitative estimate of drug-likeness (QED) is 0.711. The van der Waals surface area contributed by atoms with Gasteiger partial charge >= 0.3 is 0 Å². The number of carbonyl (C=O) groups excluding carboxylic acids is 1. The van der Waals surface area contributed by atoms with Crippen molar-refractivity contribution in [2.45, 2.75) is 19.3 Å². The van der Waals surface area contributed by atoms with Gasteiger partial charge in [0.25, 0.3) is 5.91 Å². The number of nitrogens with zero attached hydrogens (tertiary/aromatic N) is 2. The lowest BCUT2D eigenvalue weighted by molar-refractivity contribution is 0.0999. The van der Waals surface area contributed by atoms with Crippen molar-refractivity contribution in [2.75, 3.05) is 13.1 Å². The molecule has 0 saturated carbocycles. The van der Waals surface area contributed by atoms with Crippen molar-refractivity contribution in [1.29, 1.82) is 0 Å². The summed E-state index contributed by atoms with van der Waals surface area (Å²) in [6, 6.07) is 0. The average Bonchev–Trinajstić information content (AvgIpc) is 2.69. The minimum Gasteiger partial charge on any atom is -0.365 e. The molecule has 1 aliphatic heterocycles. The number of hydrogen-bond donors (Lipinski definition) is 2. The van der Waals surface area contributed by atoms with Gasteiger partial charge in [0.15, 0.2) is 0 Å². The van der Waals surface area contributed by atoms with Crippen LogP contribution in [0.4, 0.5) is 0 Å². The van der Waals surface area contributed by atoms with Crippen molar-refractivity contribution in [1.82, 2.24) is 15.3 Å². The van der Waals surface area contributed by atoms with E-state index in [1.54, 1.807) is 6.92 Å². The molecule has 0 aliphatic carbocycles. The van der Waals surface area contributed by atoms with Crippen LogP contribution in [0, 0.1) is 6.92 Å². The molecule has 1 saturated heterocycles. The van der Waals surface area contributed by atoms with Gasteiger partial charge < -0.3 is 11.1 Å². The van der Waals surface area contributed by atoms with Gasteiger partial charge in [0.1, 0.15) is 5.82 Å². The van der Waals surface area contributed by atoms with Gasteiger partial charge in [-0.3, -0.25) is 4.79 Å². The molecule has 1 aromatic rings. The fourth-order valence-corrected chi connectivity index (χ4v) is 1.80. The van der Waals surface area contributed by atoms with Gasteiger partial charge in [-0.1, -0.05) is 0 Å². The topological polar surface area (TPSA) is 80.9 Å². The standard InChI is InChI=1S/C10H14N4O/c1-6-8(9(11)15)5-13-10(14-6)7-2-3-12-4-7/h5,7,12H,2-4H2,1H3,(H2,11,15). The van der Waals surface area contributed by atoms with E-state index in [0.717, 1.165) is 25.3 Å². The number of aryl methyl sites for hydroxylation is 1. The van der Waals surface area contributed by atoms with Crippen molar-refractivity contribution in [3.63, 3.8) is 0 Å². The Morgan fingerprint density at radius 2 is 2.47 bits per heavy atom. The summed E-state index contributed by atoms with van der Waals surface area (Å²) in [5, 5.41) is 3.26. The summed E-state index contributed by atoms with van der Waals surface area (Å²) in [6.45, 7) is 3.70. The van der Waals surface area contributed by atoms with Crippen LogP contribution in [0.3, 0.4) is 0 Å². The fraction of sp³-hybridized carbons (Fsp3) is 0.500. The third kappa shape index (κ3) is 1.97. The predicted molar refractivity (Wildman–Crippen MR) is 55.5 cm³/mol. The summed E-state index contributed by atoms with van der Waals surface area (Å²) in [4.78, 5) is 19.5. The number of primary amides is 1.